The molecule has 4 nitrogen and oxygen atoms in total. The lowest BCUT2D eigenvalue weighted by molar-refractivity contribution is -0.124. The molecule has 70 valence electrons. The van der Waals surface area contributed by atoms with Gasteiger partial charge in [-0.2, -0.15) is 4.37 Å². The van der Waals surface area contributed by atoms with Crippen molar-refractivity contribution < 1.29 is 9.53 Å². The molecule has 1 aliphatic rings. The second-order valence-electron chi connectivity index (χ2n) is 2.90. The summed E-state index contributed by atoms with van der Waals surface area (Å²) in [6, 6.07) is 0. The maximum atomic E-state index is 11.5. The first kappa shape index (κ1) is 8.65. The molecular weight excluding hydrogens is 188 g/mol. The Bertz CT molecular complexity index is 280. The largest absolute Gasteiger partial charge is 0.368 e. The van der Waals surface area contributed by atoms with Crippen LogP contribution in [0.3, 0.4) is 0 Å². The number of hydrogen-bond acceptors (Lipinski definition) is 4. The molecule has 1 aromatic rings. The smallest absolute Gasteiger partial charge is 0.253 e. The average Bonchev–Trinajstić information content (AvgIpc) is 2.74. The van der Waals surface area contributed by atoms with E-state index in [1.54, 1.807) is 11.6 Å². The van der Waals surface area contributed by atoms with Crippen LogP contribution in [0.4, 0.5) is 5.69 Å². The number of carbonyl (C=O) groups excluding carboxylic acids is 1. The van der Waals surface area contributed by atoms with E-state index in [-0.39, 0.29) is 12.0 Å². The Morgan fingerprint density at radius 1 is 1.77 bits per heavy atom. The number of amides is 1. The number of rotatable bonds is 2. The summed E-state index contributed by atoms with van der Waals surface area (Å²) in [6.07, 6.45) is 3.17. The standard InChI is InChI=1S/C8H10N2O2S/c11-8(7-2-1-3-12-7)10-6-4-9-13-5-6/h4-5,7H,1-3H2,(H,10,11)/t7-/m1/s1. The Morgan fingerprint density at radius 2 is 2.69 bits per heavy atom. The third-order valence-corrected chi connectivity index (χ3v) is 2.51. The second-order valence-corrected chi connectivity index (χ2v) is 3.56. The quantitative estimate of drug-likeness (QED) is 0.778. The molecule has 2 rings (SSSR count). The molecule has 13 heavy (non-hydrogen) atoms. The van der Waals surface area contributed by atoms with Crippen LogP contribution in [0.15, 0.2) is 11.6 Å². The third kappa shape index (κ3) is 2.05. The van der Waals surface area contributed by atoms with E-state index >= 15 is 0 Å². The predicted molar refractivity (Wildman–Crippen MR) is 49.7 cm³/mol. The van der Waals surface area contributed by atoms with E-state index in [1.807, 2.05) is 0 Å². The van der Waals surface area contributed by atoms with Crippen molar-refractivity contribution in [2.45, 2.75) is 18.9 Å². The fourth-order valence-electron chi connectivity index (χ4n) is 1.27. The van der Waals surface area contributed by atoms with Crippen LogP contribution in [0.2, 0.25) is 0 Å². The van der Waals surface area contributed by atoms with Crippen LogP contribution in [0, 0.1) is 0 Å². The molecule has 5 heteroatoms. The van der Waals surface area contributed by atoms with Crippen molar-refractivity contribution in [1.82, 2.24) is 4.37 Å². The van der Waals surface area contributed by atoms with Gasteiger partial charge in [0.15, 0.2) is 0 Å². The van der Waals surface area contributed by atoms with Crippen molar-refractivity contribution in [1.29, 1.82) is 0 Å². The van der Waals surface area contributed by atoms with Gasteiger partial charge < -0.3 is 10.1 Å². The molecule has 0 spiro atoms. The molecule has 0 unspecified atom stereocenters. The highest BCUT2D eigenvalue weighted by atomic mass is 32.1. The summed E-state index contributed by atoms with van der Waals surface area (Å²) >= 11 is 1.32. The molecule has 1 fully saturated rings. The minimum atomic E-state index is -0.264. The first-order valence-corrected chi connectivity index (χ1v) is 5.02. The highest BCUT2D eigenvalue weighted by Crippen LogP contribution is 2.15. The number of ether oxygens (including phenoxy) is 1. The SMILES string of the molecule is O=C(Nc1cnsc1)[C@H]1CCCO1. The lowest BCUT2D eigenvalue weighted by Gasteiger charge is -2.07. The molecule has 1 N–H and O–H groups in total. The van der Waals surface area contributed by atoms with Crippen molar-refractivity contribution in [2.75, 3.05) is 11.9 Å². The summed E-state index contributed by atoms with van der Waals surface area (Å²) in [6.45, 7) is 0.694. The predicted octanol–water partition coefficient (Wildman–Crippen LogP) is 1.26. The molecular formula is C8H10N2O2S. The van der Waals surface area contributed by atoms with Gasteiger partial charge in [0.25, 0.3) is 5.91 Å². The van der Waals surface area contributed by atoms with Gasteiger partial charge in [-0.05, 0) is 24.4 Å². The molecule has 0 saturated carbocycles. The molecule has 0 radical (unpaired) electrons. The Hall–Kier alpha value is -0.940. The molecule has 0 aromatic carbocycles. The minimum absolute atomic E-state index is 0.0577. The topological polar surface area (TPSA) is 51.2 Å². The van der Waals surface area contributed by atoms with Gasteiger partial charge in [0, 0.05) is 12.0 Å². The van der Waals surface area contributed by atoms with Crippen LogP contribution in [-0.4, -0.2) is 23.0 Å². The number of aromatic nitrogens is 1. The molecule has 0 aliphatic carbocycles. The Balaban J connectivity index is 1.91. The zero-order chi connectivity index (χ0) is 9.10. The number of anilines is 1. The fraction of sp³-hybridized carbons (Fsp3) is 0.500. The van der Waals surface area contributed by atoms with Gasteiger partial charge in [0.05, 0.1) is 11.9 Å². The molecule has 2 heterocycles. The van der Waals surface area contributed by atoms with Gasteiger partial charge >= 0.3 is 0 Å². The summed E-state index contributed by atoms with van der Waals surface area (Å²) in [5.74, 6) is -0.0577. The maximum absolute atomic E-state index is 11.5. The van der Waals surface area contributed by atoms with Gasteiger partial charge in [-0.25, -0.2) is 0 Å². The zero-order valence-electron chi connectivity index (χ0n) is 7.03. The van der Waals surface area contributed by atoms with Crippen LogP contribution < -0.4 is 5.32 Å². The van der Waals surface area contributed by atoms with E-state index < -0.39 is 0 Å². The normalized spacial score (nSPS) is 21.7. The fourth-order valence-corrected chi connectivity index (χ4v) is 1.74. The highest BCUT2D eigenvalue weighted by Gasteiger charge is 2.23. The molecule has 1 aliphatic heterocycles. The number of nitrogens with one attached hydrogen (secondary N) is 1. The van der Waals surface area contributed by atoms with Crippen molar-refractivity contribution in [3.8, 4) is 0 Å². The van der Waals surface area contributed by atoms with Gasteiger partial charge in [0.2, 0.25) is 0 Å². The van der Waals surface area contributed by atoms with Crippen molar-refractivity contribution in [3.63, 3.8) is 0 Å². The highest BCUT2D eigenvalue weighted by molar-refractivity contribution is 7.04. The van der Waals surface area contributed by atoms with Crippen molar-refractivity contribution >= 4 is 23.1 Å². The first-order chi connectivity index (χ1) is 6.36. The van der Waals surface area contributed by atoms with Gasteiger partial charge in [-0.15, -0.1) is 0 Å². The van der Waals surface area contributed by atoms with Gasteiger partial charge in [-0.1, -0.05) is 0 Å². The number of carbonyl (C=O) groups is 1. The van der Waals surface area contributed by atoms with Crippen LogP contribution >= 0.6 is 11.5 Å². The van der Waals surface area contributed by atoms with Gasteiger partial charge in [0.1, 0.15) is 6.10 Å². The molecule has 0 bridgehead atoms. The minimum Gasteiger partial charge on any atom is -0.368 e. The van der Waals surface area contributed by atoms with Crippen molar-refractivity contribution in [3.05, 3.63) is 11.6 Å². The van der Waals surface area contributed by atoms with E-state index in [1.165, 1.54) is 11.5 Å². The van der Waals surface area contributed by atoms with E-state index in [0.717, 1.165) is 18.5 Å². The van der Waals surface area contributed by atoms with Crippen molar-refractivity contribution in [2.24, 2.45) is 0 Å². The van der Waals surface area contributed by atoms with Gasteiger partial charge in [-0.3, -0.25) is 4.79 Å². The lowest BCUT2D eigenvalue weighted by atomic mass is 10.2. The first-order valence-electron chi connectivity index (χ1n) is 4.18. The summed E-state index contributed by atoms with van der Waals surface area (Å²) in [7, 11) is 0. The summed E-state index contributed by atoms with van der Waals surface area (Å²) in [4.78, 5) is 11.5. The monoisotopic (exact) mass is 198 g/mol. The van der Waals surface area contributed by atoms with E-state index in [9.17, 15) is 4.79 Å². The Morgan fingerprint density at radius 3 is 3.31 bits per heavy atom. The second kappa shape index (κ2) is 3.85. The molecule has 1 atom stereocenters. The third-order valence-electron chi connectivity index (χ3n) is 1.92. The zero-order valence-corrected chi connectivity index (χ0v) is 7.84. The number of hydrogen-bond donors (Lipinski definition) is 1. The summed E-state index contributed by atoms with van der Waals surface area (Å²) < 4.78 is 9.12. The van der Waals surface area contributed by atoms with Crippen LogP contribution in [0.5, 0.6) is 0 Å². The lowest BCUT2D eigenvalue weighted by Crippen LogP contribution is -2.26. The summed E-state index contributed by atoms with van der Waals surface area (Å²) in [5.41, 5.74) is 0.755. The maximum Gasteiger partial charge on any atom is 0.253 e. The average molecular weight is 198 g/mol. The molecule has 1 saturated heterocycles. The van der Waals surface area contributed by atoms with E-state index in [2.05, 4.69) is 9.69 Å². The van der Waals surface area contributed by atoms with E-state index in [0.29, 0.717) is 6.61 Å². The number of nitrogens with zero attached hydrogens (tertiary/aromatic N) is 1. The Labute approximate surface area is 80.1 Å². The summed E-state index contributed by atoms with van der Waals surface area (Å²) in [5, 5.41) is 4.55. The molecule has 1 amide bonds. The Kier molecular flexibility index (Phi) is 2.56. The van der Waals surface area contributed by atoms with Crippen LogP contribution in [-0.2, 0) is 9.53 Å². The van der Waals surface area contributed by atoms with Crippen LogP contribution in [0.25, 0.3) is 0 Å². The molecule has 1 aromatic heterocycles. The van der Waals surface area contributed by atoms with Crippen LogP contribution in [0.1, 0.15) is 12.8 Å². The van der Waals surface area contributed by atoms with E-state index in [4.69, 9.17) is 4.74 Å².